The predicted molar refractivity (Wildman–Crippen MR) is 247 cm³/mol. The fraction of sp³-hybridized carbons (Fsp3) is 0.942. The lowest BCUT2D eigenvalue weighted by atomic mass is 10.0. The van der Waals surface area contributed by atoms with Crippen molar-refractivity contribution in [2.45, 2.75) is 303 Å². The molecule has 0 radical (unpaired) electrons. The zero-order chi connectivity index (χ0) is 42.3. The number of carbonyl (C=O) groups excluding carboxylic acids is 3. The highest BCUT2D eigenvalue weighted by atomic mass is 16.6. The lowest BCUT2D eigenvalue weighted by molar-refractivity contribution is -0.167. The zero-order valence-corrected chi connectivity index (χ0v) is 39.3. The first kappa shape index (κ1) is 56.4. The van der Waals surface area contributed by atoms with E-state index in [-0.39, 0.29) is 31.1 Å². The lowest BCUT2D eigenvalue weighted by Gasteiger charge is -2.18. The highest BCUT2D eigenvalue weighted by molar-refractivity contribution is 5.71. The summed E-state index contributed by atoms with van der Waals surface area (Å²) in [4.78, 5) is 37.8. The standard InChI is InChI=1S/C52H100O6/c1-4-7-10-13-16-18-20-22-24-25-26-27-28-30-32-34-37-40-43-46-52(55)58-49(47-56-50(53)44-41-38-35-15-12-9-6-3)48-57-51(54)45-42-39-36-33-31-29-23-21-19-17-14-11-8-5-2/h49H,4-48H2,1-3H3/t49-/m1/s1. The first-order chi connectivity index (χ1) is 28.5. The Morgan fingerprint density at radius 1 is 0.276 bits per heavy atom. The van der Waals surface area contributed by atoms with Crippen LogP contribution in [0.5, 0.6) is 0 Å². The Morgan fingerprint density at radius 3 is 0.690 bits per heavy atom. The van der Waals surface area contributed by atoms with Gasteiger partial charge in [-0.15, -0.1) is 0 Å². The quantitative estimate of drug-likeness (QED) is 0.0346. The van der Waals surface area contributed by atoms with Gasteiger partial charge in [-0.25, -0.2) is 0 Å². The number of ether oxygens (including phenoxy) is 3. The van der Waals surface area contributed by atoms with Crippen LogP contribution in [0.25, 0.3) is 0 Å². The van der Waals surface area contributed by atoms with Gasteiger partial charge in [-0.3, -0.25) is 14.4 Å². The molecule has 0 N–H and O–H groups in total. The predicted octanol–water partition coefficient (Wildman–Crippen LogP) is 16.8. The van der Waals surface area contributed by atoms with E-state index < -0.39 is 6.10 Å². The van der Waals surface area contributed by atoms with Gasteiger partial charge in [0.2, 0.25) is 0 Å². The van der Waals surface area contributed by atoms with E-state index in [2.05, 4.69) is 20.8 Å². The fourth-order valence-electron chi connectivity index (χ4n) is 7.92. The number of hydrogen-bond acceptors (Lipinski definition) is 6. The van der Waals surface area contributed by atoms with Gasteiger partial charge in [0.15, 0.2) is 6.10 Å². The molecular formula is C52H100O6. The van der Waals surface area contributed by atoms with Crippen LogP contribution in [0.1, 0.15) is 297 Å². The molecule has 0 aliphatic carbocycles. The molecule has 0 aliphatic rings. The number of hydrogen-bond donors (Lipinski definition) is 0. The van der Waals surface area contributed by atoms with E-state index in [9.17, 15) is 14.4 Å². The second-order valence-electron chi connectivity index (χ2n) is 17.8. The Hall–Kier alpha value is -1.59. The van der Waals surface area contributed by atoms with E-state index >= 15 is 0 Å². The smallest absolute Gasteiger partial charge is 0.306 e. The molecule has 0 spiro atoms. The number of unbranched alkanes of at least 4 members (excludes halogenated alkanes) is 37. The van der Waals surface area contributed by atoms with Gasteiger partial charge in [-0.1, -0.05) is 258 Å². The SMILES string of the molecule is CCCCCCCCCCCCCCCCCCCCCC(=O)O[C@H](COC(=O)CCCCCCCCC)COC(=O)CCCCCCCCCCCCCCCC. The van der Waals surface area contributed by atoms with Gasteiger partial charge in [0.05, 0.1) is 0 Å². The minimum absolute atomic E-state index is 0.0624. The molecule has 0 rings (SSSR count). The Bertz CT molecular complexity index is 859. The second-order valence-corrected chi connectivity index (χ2v) is 17.8. The first-order valence-corrected chi connectivity index (χ1v) is 26.0. The summed E-state index contributed by atoms with van der Waals surface area (Å²) in [6, 6.07) is 0. The third-order valence-electron chi connectivity index (χ3n) is 11.9. The molecule has 0 aromatic rings. The maximum atomic E-state index is 12.8. The third-order valence-corrected chi connectivity index (χ3v) is 11.9. The summed E-state index contributed by atoms with van der Waals surface area (Å²) in [5.74, 6) is -0.849. The van der Waals surface area contributed by atoms with Gasteiger partial charge in [0, 0.05) is 19.3 Å². The molecular weight excluding hydrogens is 721 g/mol. The van der Waals surface area contributed by atoms with Crippen LogP contribution in [0.15, 0.2) is 0 Å². The average Bonchev–Trinajstić information content (AvgIpc) is 3.22. The largest absolute Gasteiger partial charge is 0.462 e. The van der Waals surface area contributed by atoms with Gasteiger partial charge in [0.25, 0.3) is 0 Å². The molecule has 0 amide bonds. The summed E-state index contributed by atoms with van der Waals surface area (Å²) in [5.41, 5.74) is 0. The van der Waals surface area contributed by atoms with Crippen LogP contribution in [0.2, 0.25) is 0 Å². The average molecular weight is 821 g/mol. The monoisotopic (exact) mass is 821 g/mol. The maximum absolute atomic E-state index is 12.8. The Kier molecular flexibility index (Phi) is 46.8. The van der Waals surface area contributed by atoms with Crippen molar-refractivity contribution >= 4 is 17.9 Å². The van der Waals surface area contributed by atoms with Gasteiger partial charge in [0.1, 0.15) is 13.2 Å². The van der Waals surface area contributed by atoms with E-state index in [0.29, 0.717) is 19.3 Å². The van der Waals surface area contributed by atoms with E-state index in [4.69, 9.17) is 14.2 Å². The molecule has 0 aromatic heterocycles. The van der Waals surface area contributed by atoms with E-state index in [1.807, 2.05) is 0 Å². The van der Waals surface area contributed by atoms with Crippen molar-refractivity contribution in [1.82, 2.24) is 0 Å². The minimum Gasteiger partial charge on any atom is -0.462 e. The van der Waals surface area contributed by atoms with Crippen LogP contribution in [0, 0.1) is 0 Å². The summed E-state index contributed by atoms with van der Waals surface area (Å²) >= 11 is 0. The Balaban J connectivity index is 4.17. The molecule has 0 saturated carbocycles. The highest BCUT2D eigenvalue weighted by Gasteiger charge is 2.19. The van der Waals surface area contributed by atoms with Crippen molar-refractivity contribution in [2.24, 2.45) is 0 Å². The molecule has 0 fully saturated rings. The number of esters is 3. The maximum Gasteiger partial charge on any atom is 0.306 e. The van der Waals surface area contributed by atoms with Crippen molar-refractivity contribution in [1.29, 1.82) is 0 Å². The van der Waals surface area contributed by atoms with Crippen LogP contribution in [-0.2, 0) is 28.6 Å². The third kappa shape index (κ3) is 45.5. The summed E-state index contributed by atoms with van der Waals surface area (Å²) in [7, 11) is 0. The van der Waals surface area contributed by atoms with E-state index in [1.165, 1.54) is 199 Å². The van der Waals surface area contributed by atoms with Crippen molar-refractivity contribution in [2.75, 3.05) is 13.2 Å². The second kappa shape index (κ2) is 48.1. The van der Waals surface area contributed by atoms with Crippen molar-refractivity contribution in [3.05, 3.63) is 0 Å². The van der Waals surface area contributed by atoms with Crippen molar-refractivity contribution in [3.8, 4) is 0 Å². The van der Waals surface area contributed by atoms with Gasteiger partial charge >= 0.3 is 17.9 Å². The van der Waals surface area contributed by atoms with Crippen LogP contribution < -0.4 is 0 Å². The fourth-order valence-corrected chi connectivity index (χ4v) is 7.92. The number of rotatable bonds is 48. The minimum atomic E-state index is -0.758. The topological polar surface area (TPSA) is 78.9 Å². The van der Waals surface area contributed by atoms with Crippen LogP contribution in [0.3, 0.4) is 0 Å². The van der Waals surface area contributed by atoms with Crippen LogP contribution >= 0.6 is 0 Å². The first-order valence-electron chi connectivity index (χ1n) is 26.0. The molecule has 58 heavy (non-hydrogen) atoms. The summed E-state index contributed by atoms with van der Waals surface area (Å²) in [6.07, 6.45) is 51.0. The molecule has 6 nitrogen and oxygen atoms in total. The molecule has 344 valence electrons. The van der Waals surface area contributed by atoms with Crippen molar-refractivity contribution in [3.63, 3.8) is 0 Å². The summed E-state index contributed by atoms with van der Waals surface area (Å²) < 4.78 is 16.7. The van der Waals surface area contributed by atoms with Gasteiger partial charge in [-0.2, -0.15) is 0 Å². The molecule has 0 aromatic carbocycles. The van der Waals surface area contributed by atoms with Crippen LogP contribution in [-0.4, -0.2) is 37.2 Å². The molecule has 0 bridgehead atoms. The summed E-state index contributed by atoms with van der Waals surface area (Å²) in [5, 5.41) is 0. The van der Waals surface area contributed by atoms with Gasteiger partial charge < -0.3 is 14.2 Å². The van der Waals surface area contributed by atoms with Crippen LogP contribution in [0.4, 0.5) is 0 Å². The molecule has 0 saturated heterocycles. The highest BCUT2D eigenvalue weighted by Crippen LogP contribution is 2.17. The van der Waals surface area contributed by atoms with E-state index in [1.54, 1.807) is 0 Å². The normalized spacial score (nSPS) is 11.8. The Labute approximate surface area is 361 Å². The molecule has 0 heterocycles. The molecule has 6 heteroatoms. The van der Waals surface area contributed by atoms with Crippen molar-refractivity contribution < 1.29 is 28.6 Å². The Morgan fingerprint density at radius 2 is 0.466 bits per heavy atom. The molecule has 0 unspecified atom stereocenters. The number of carbonyl (C=O) groups is 3. The zero-order valence-electron chi connectivity index (χ0n) is 39.3. The lowest BCUT2D eigenvalue weighted by Crippen LogP contribution is -2.30. The molecule has 1 atom stereocenters. The molecule has 0 aliphatic heterocycles. The summed E-state index contributed by atoms with van der Waals surface area (Å²) in [6.45, 7) is 6.64. The van der Waals surface area contributed by atoms with E-state index in [0.717, 1.165) is 57.8 Å². The van der Waals surface area contributed by atoms with Gasteiger partial charge in [-0.05, 0) is 19.3 Å².